The van der Waals surface area contributed by atoms with E-state index in [1.165, 1.54) is 0 Å². The Labute approximate surface area is 102 Å². The fourth-order valence-electron chi connectivity index (χ4n) is 1.76. The van der Waals surface area contributed by atoms with E-state index in [2.05, 4.69) is 0 Å². The molecule has 1 N–H and O–H groups in total. The second kappa shape index (κ2) is 7.98. The molecule has 3 nitrogen and oxygen atoms in total. The molecule has 0 aromatic heterocycles. The third kappa shape index (κ3) is 5.11. The number of Topliss-reactive ketones (excluding diaryl/α,β-unsaturated/α-hetero) is 1. The maximum absolute atomic E-state index is 11.9. The maximum Gasteiger partial charge on any atom is 0.161 e. The highest BCUT2D eigenvalue weighted by molar-refractivity contribution is 5.83. The van der Waals surface area contributed by atoms with E-state index in [1.54, 1.807) is 0 Å². The Morgan fingerprint density at radius 1 is 1.35 bits per heavy atom. The van der Waals surface area contributed by atoms with Crippen molar-refractivity contribution >= 4 is 5.78 Å². The monoisotopic (exact) mass is 236 g/mol. The van der Waals surface area contributed by atoms with Crippen LogP contribution in [-0.4, -0.2) is 23.8 Å². The normalized spacial score (nSPS) is 12.4. The van der Waals surface area contributed by atoms with Crippen LogP contribution in [0.25, 0.3) is 0 Å². The molecule has 1 unspecified atom stereocenters. The Kier molecular flexibility index (Phi) is 6.51. The number of aliphatic hydroxyl groups is 1. The molecule has 0 bridgehead atoms. The molecule has 1 rings (SSSR count). The number of hydrogen-bond acceptors (Lipinski definition) is 3. The molecule has 1 aromatic carbocycles. The minimum absolute atomic E-state index is 0.0738. The second-order valence-corrected chi connectivity index (χ2v) is 4.02. The van der Waals surface area contributed by atoms with Crippen molar-refractivity contribution in [3.8, 4) is 0 Å². The van der Waals surface area contributed by atoms with E-state index < -0.39 is 6.10 Å². The molecule has 0 fully saturated rings. The van der Waals surface area contributed by atoms with E-state index in [1.807, 2.05) is 37.3 Å². The van der Waals surface area contributed by atoms with Gasteiger partial charge in [0.25, 0.3) is 0 Å². The summed E-state index contributed by atoms with van der Waals surface area (Å²) < 4.78 is 5.04. The van der Waals surface area contributed by atoms with Gasteiger partial charge < -0.3 is 9.84 Å². The highest BCUT2D eigenvalue weighted by Crippen LogP contribution is 2.09. The molecule has 3 heteroatoms. The second-order valence-electron chi connectivity index (χ2n) is 4.02. The van der Waals surface area contributed by atoms with Gasteiger partial charge in [-0.25, -0.2) is 0 Å². The molecule has 0 radical (unpaired) electrons. The molecule has 94 valence electrons. The summed E-state index contributed by atoms with van der Waals surface area (Å²) in [5, 5.41) is 8.72. The van der Waals surface area contributed by atoms with E-state index in [9.17, 15) is 4.79 Å². The first-order valence-electron chi connectivity index (χ1n) is 6.07. The zero-order valence-electron chi connectivity index (χ0n) is 10.3. The summed E-state index contributed by atoms with van der Waals surface area (Å²) >= 11 is 0. The lowest BCUT2D eigenvalue weighted by Crippen LogP contribution is -2.25. The lowest BCUT2D eigenvalue weighted by atomic mass is 10.0. The maximum atomic E-state index is 11.9. The van der Waals surface area contributed by atoms with E-state index in [0.29, 0.717) is 12.8 Å². The van der Waals surface area contributed by atoms with E-state index >= 15 is 0 Å². The Morgan fingerprint density at radius 3 is 2.65 bits per heavy atom. The van der Waals surface area contributed by atoms with Crippen LogP contribution in [0.15, 0.2) is 30.3 Å². The average Bonchev–Trinajstić information content (AvgIpc) is 2.37. The number of benzene rings is 1. The van der Waals surface area contributed by atoms with Gasteiger partial charge in [-0.05, 0) is 18.4 Å². The van der Waals surface area contributed by atoms with Crippen molar-refractivity contribution in [3.63, 3.8) is 0 Å². The van der Waals surface area contributed by atoms with Crippen LogP contribution in [0.4, 0.5) is 0 Å². The number of hydrogen-bond donors (Lipinski definition) is 1. The van der Waals surface area contributed by atoms with Crippen molar-refractivity contribution in [1.82, 2.24) is 0 Å². The molecule has 0 aliphatic carbocycles. The van der Waals surface area contributed by atoms with E-state index in [0.717, 1.165) is 18.4 Å². The molecular weight excluding hydrogens is 216 g/mol. The number of aryl methyl sites for hydroxylation is 1. The third-order valence-electron chi connectivity index (χ3n) is 2.69. The van der Waals surface area contributed by atoms with Crippen molar-refractivity contribution in [3.05, 3.63) is 35.9 Å². The summed E-state index contributed by atoms with van der Waals surface area (Å²) in [7, 11) is 0. The standard InChI is InChI=1S/C14H20O3/c1-2-6-14(17-11-15)13(16)10-9-12-7-4-3-5-8-12/h3-5,7-8,14-15H,2,6,9-11H2,1H3. The summed E-state index contributed by atoms with van der Waals surface area (Å²) in [5.41, 5.74) is 1.15. The zero-order valence-corrected chi connectivity index (χ0v) is 10.3. The van der Waals surface area contributed by atoms with Crippen LogP contribution in [0.1, 0.15) is 31.7 Å². The van der Waals surface area contributed by atoms with E-state index in [-0.39, 0.29) is 12.6 Å². The Bertz CT molecular complexity index is 315. The fraction of sp³-hybridized carbons (Fsp3) is 0.500. The van der Waals surface area contributed by atoms with Crippen LogP contribution in [-0.2, 0) is 16.0 Å². The molecule has 0 saturated heterocycles. The lowest BCUT2D eigenvalue weighted by Gasteiger charge is -2.14. The van der Waals surface area contributed by atoms with Crippen molar-refractivity contribution in [2.45, 2.75) is 38.7 Å². The van der Waals surface area contributed by atoms with Crippen molar-refractivity contribution < 1.29 is 14.6 Å². The van der Waals surface area contributed by atoms with Gasteiger partial charge in [0.05, 0.1) is 0 Å². The number of ketones is 1. The van der Waals surface area contributed by atoms with Crippen LogP contribution in [0.2, 0.25) is 0 Å². The number of carbonyl (C=O) groups is 1. The highest BCUT2D eigenvalue weighted by Gasteiger charge is 2.17. The fourth-order valence-corrected chi connectivity index (χ4v) is 1.76. The average molecular weight is 236 g/mol. The highest BCUT2D eigenvalue weighted by atomic mass is 16.6. The first kappa shape index (κ1) is 13.9. The van der Waals surface area contributed by atoms with Crippen LogP contribution in [0.3, 0.4) is 0 Å². The summed E-state index contributed by atoms with van der Waals surface area (Å²) in [6, 6.07) is 9.91. The number of ether oxygens (including phenoxy) is 1. The van der Waals surface area contributed by atoms with Gasteiger partial charge >= 0.3 is 0 Å². The van der Waals surface area contributed by atoms with Gasteiger partial charge in [0.15, 0.2) is 5.78 Å². The van der Waals surface area contributed by atoms with Gasteiger partial charge in [0, 0.05) is 6.42 Å². The van der Waals surface area contributed by atoms with Gasteiger partial charge in [0.2, 0.25) is 0 Å². The van der Waals surface area contributed by atoms with E-state index in [4.69, 9.17) is 9.84 Å². The predicted molar refractivity (Wildman–Crippen MR) is 66.6 cm³/mol. The summed E-state index contributed by atoms with van der Waals surface area (Å²) in [5.74, 6) is 0.0738. The third-order valence-corrected chi connectivity index (χ3v) is 2.69. The van der Waals surface area contributed by atoms with Gasteiger partial charge in [-0.3, -0.25) is 4.79 Å². The Morgan fingerprint density at radius 2 is 2.06 bits per heavy atom. The topological polar surface area (TPSA) is 46.5 Å². The molecule has 17 heavy (non-hydrogen) atoms. The molecule has 1 atom stereocenters. The largest absolute Gasteiger partial charge is 0.371 e. The zero-order chi connectivity index (χ0) is 12.5. The minimum Gasteiger partial charge on any atom is -0.371 e. The lowest BCUT2D eigenvalue weighted by molar-refractivity contribution is -0.137. The van der Waals surface area contributed by atoms with Gasteiger partial charge in [-0.2, -0.15) is 0 Å². The smallest absolute Gasteiger partial charge is 0.161 e. The summed E-state index contributed by atoms with van der Waals surface area (Å²) in [6.07, 6.45) is 2.30. The summed E-state index contributed by atoms with van der Waals surface area (Å²) in [6.45, 7) is 1.61. The molecule has 0 saturated carbocycles. The van der Waals surface area contributed by atoms with Crippen LogP contribution >= 0.6 is 0 Å². The molecule has 0 aliphatic heterocycles. The molecule has 1 aromatic rings. The predicted octanol–water partition coefficient (Wildman–Crippen LogP) is 2.32. The van der Waals surface area contributed by atoms with Gasteiger partial charge in [-0.1, -0.05) is 43.7 Å². The Balaban J connectivity index is 2.41. The van der Waals surface area contributed by atoms with Crippen LogP contribution in [0, 0.1) is 0 Å². The minimum atomic E-state index is -0.450. The molecule has 0 aliphatic rings. The van der Waals surface area contributed by atoms with Crippen molar-refractivity contribution in [2.24, 2.45) is 0 Å². The first-order valence-corrected chi connectivity index (χ1v) is 6.07. The number of carbonyl (C=O) groups excluding carboxylic acids is 1. The molecule has 0 heterocycles. The molecule has 0 spiro atoms. The SMILES string of the molecule is CCCC(OCO)C(=O)CCc1ccccc1. The van der Waals surface area contributed by atoms with Crippen molar-refractivity contribution in [1.29, 1.82) is 0 Å². The van der Waals surface area contributed by atoms with Crippen LogP contribution in [0.5, 0.6) is 0 Å². The number of aliphatic hydroxyl groups excluding tert-OH is 1. The van der Waals surface area contributed by atoms with Gasteiger partial charge in [0.1, 0.15) is 12.9 Å². The first-order chi connectivity index (χ1) is 8.27. The summed E-state index contributed by atoms with van der Waals surface area (Å²) in [4.78, 5) is 11.9. The number of rotatable bonds is 8. The molecule has 0 amide bonds. The molecular formula is C14H20O3. The van der Waals surface area contributed by atoms with Crippen LogP contribution < -0.4 is 0 Å². The quantitative estimate of drug-likeness (QED) is 0.705. The Hall–Kier alpha value is -1.19. The van der Waals surface area contributed by atoms with Gasteiger partial charge in [-0.15, -0.1) is 0 Å². The van der Waals surface area contributed by atoms with Crippen molar-refractivity contribution in [2.75, 3.05) is 6.79 Å².